The molecule has 0 radical (unpaired) electrons. The average molecular weight is 1530 g/mol. The number of anilines is 2. The number of hydrogen-bond donors (Lipinski definition) is 2. The summed E-state index contributed by atoms with van der Waals surface area (Å²) in [5, 5.41) is 25.6. The lowest BCUT2D eigenvalue weighted by Gasteiger charge is -2.46. The van der Waals surface area contributed by atoms with Crippen molar-refractivity contribution in [2.75, 3.05) is 155 Å². The third kappa shape index (κ3) is 13.8. The molecule has 2 N–H and O–H groups in total. The minimum absolute atomic E-state index is 0.00334. The summed E-state index contributed by atoms with van der Waals surface area (Å²) in [5.41, 5.74) is -6.67. The molecule has 6 saturated heterocycles. The number of fused-ring (bicyclic) bond motifs is 2. The van der Waals surface area contributed by atoms with Gasteiger partial charge in [0.05, 0.1) is 114 Å². The molecular weight excluding hydrogens is 1440 g/mol. The number of sulfonamides is 2. The molecule has 1 unspecified atom stereocenters. The molecule has 0 aliphatic carbocycles. The van der Waals surface area contributed by atoms with Crippen LogP contribution in [0.5, 0.6) is 34.8 Å². The normalized spacial score (nSPS) is 21.3. The van der Waals surface area contributed by atoms with Crippen LogP contribution in [0.1, 0.15) is 72.9 Å². The van der Waals surface area contributed by atoms with E-state index in [2.05, 4.69) is 40.2 Å². The van der Waals surface area contributed by atoms with Crippen molar-refractivity contribution < 1.29 is 82.7 Å². The summed E-state index contributed by atoms with van der Waals surface area (Å²) >= 11 is 0. The molecule has 6 fully saturated rings. The molecule has 34 heteroatoms. The number of nitriles is 2. The number of aromatic nitrogens is 2. The Morgan fingerprint density at radius 2 is 0.870 bits per heavy atom. The largest absolute Gasteiger partial charge is 0.497 e. The maximum absolute atomic E-state index is 15.5. The lowest BCUT2D eigenvalue weighted by molar-refractivity contribution is -0.122. The van der Waals surface area contributed by atoms with Crippen molar-refractivity contribution in [1.29, 1.82) is 10.5 Å². The quantitative estimate of drug-likeness (QED) is 0.0972. The fourth-order valence-electron chi connectivity index (χ4n) is 15.5. The second-order valence-electron chi connectivity index (χ2n) is 27.0. The zero-order valence-electron chi connectivity index (χ0n) is 60.6. The SMILES string of the molecule is CCOc1ncccc1C1(NC(=O)N2CCN(C3CCN(C4COC4)CC3)CC2)C(=O)N(S(=O)(=O)c2ccc(OC)cc2OC)c2cc(F)c(C#N)cc21.CCOc1ncccc1[C@]1(NC(=O)N2CCN(C3CCN(C4COC4)CC3)CC2)C(=O)N(S(=O)(=O)c2ccc(OC)cc2OC)c2cc(F)c(C#N)cc21. The maximum atomic E-state index is 15.5. The number of nitrogens with zero attached hydrogens (tertiary/aromatic N) is 12. The van der Waals surface area contributed by atoms with Crippen molar-refractivity contribution in [3.8, 4) is 46.9 Å². The first-order valence-corrected chi connectivity index (χ1v) is 38.6. The van der Waals surface area contributed by atoms with E-state index >= 15 is 18.4 Å². The van der Waals surface area contributed by atoms with Gasteiger partial charge in [-0.2, -0.15) is 19.1 Å². The summed E-state index contributed by atoms with van der Waals surface area (Å²) in [6.45, 7) is 14.5. The Bertz CT molecular complexity index is 4450. The number of halogens is 2. The molecular formula is C74H84F2N14O16S2. The molecule has 2 atom stereocenters. The number of urea groups is 2. The van der Waals surface area contributed by atoms with Gasteiger partial charge in [-0.3, -0.25) is 29.2 Å². The lowest BCUT2D eigenvalue weighted by atomic mass is 9.83. The number of hydrogen-bond acceptors (Lipinski definition) is 24. The number of piperidine rings is 2. The van der Waals surface area contributed by atoms with Crippen LogP contribution in [0.2, 0.25) is 0 Å². The number of nitrogens with one attached hydrogen (secondary N) is 2. The van der Waals surface area contributed by atoms with Crippen molar-refractivity contribution in [3.05, 3.63) is 142 Å². The van der Waals surface area contributed by atoms with E-state index in [1.165, 1.54) is 101 Å². The fraction of sp³-hybridized carbons (Fsp3) is 0.459. The molecule has 0 spiro atoms. The molecule has 10 heterocycles. The van der Waals surface area contributed by atoms with E-state index in [9.17, 15) is 36.9 Å². The van der Waals surface area contributed by atoms with Crippen LogP contribution in [0, 0.1) is 34.3 Å². The molecule has 6 amide bonds. The van der Waals surface area contributed by atoms with E-state index in [0.29, 0.717) is 85.1 Å². The van der Waals surface area contributed by atoms with Crippen molar-refractivity contribution >= 4 is 55.3 Å². The summed E-state index contributed by atoms with van der Waals surface area (Å²) in [5.74, 6) is -4.27. The second kappa shape index (κ2) is 31.6. The van der Waals surface area contributed by atoms with Gasteiger partial charge >= 0.3 is 12.1 Å². The van der Waals surface area contributed by atoms with Gasteiger partial charge in [0.2, 0.25) is 11.8 Å². The molecule has 0 bridgehead atoms. The van der Waals surface area contributed by atoms with Gasteiger partial charge in [-0.15, -0.1) is 0 Å². The van der Waals surface area contributed by atoms with E-state index in [1.54, 1.807) is 35.8 Å². The number of benzene rings is 4. The van der Waals surface area contributed by atoms with Gasteiger partial charge < -0.3 is 58.3 Å². The zero-order chi connectivity index (χ0) is 76.4. The molecule has 8 aliphatic heterocycles. The van der Waals surface area contributed by atoms with Crippen LogP contribution in [0.4, 0.5) is 29.7 Å². The van der Waals surface area contributed by atoms with Crippen LogP contribution in [-0.2, 0) is 50.2 Å². The third-order valence-electron chi connectivity index (χ3n) is 21.5. The molecule has 6 aromatic rings. The molecule has 572 valence electrons. The summed E-state index contributed by atoms with van der Waals surface area (Å²) in [7, 11) is -4.46. The number of carbonyl (C=O) groups is 4. The number of piperazine rings is 2. The van der Waals surface area contributed by atoms with Gasteiger partial charge in [-0.1, -0.05) is 0 Å². The highest BCUT2D eigenvalue weighted by Crippen LogP contribution is 2.53. The highest BCUT2D eigenvalue weighted by Gasteiger charge is 2.62. The van der Waals surface area contributed by atoms with Crippen LogP contribution < -0.4 is 47.7 Å². The first-order valence-electron chi connectivity index (χ1n) is 35.7. The number of carbonyl (C=O) groups excluding carboxylic acids is 4. The monoisotopic (exact) mass is 1530 g/mol. The number of likely N-dealkylation sites (tertiary alicyclic amines) is 2. The summed E-state index contributed by atoms with van der Waals surface area (Å²) in [6.07, 6.45) is 6.91. The standard InChI is InChI=1S/2C37H42FN7O8S/c2*1-4-53-34-28(6-5-11-40-34)37(41-36(47)44-16-14-43(15-17-44)25-9-12-42(13-10-25)26-22-52-23-26)29-18-24(21-39)30(38)20-31(29)45(35(37)46)54(48,49)33-8-7-27(50-2)19-32(33)51-3/h2*5-8,11,18-20,25-26H,4,9-10,12-17,22-23H2,1-3H3,(H,41,47)/t37-;/m1./s1. The number of ether oxygens (including phenoxy) is 8. The smallest absolute Gasteiger partial charge is 0.318 e. The van der Waals surface area contributed by atoms with Crippen LogP contribution in [-0.4, -0.2) is 251 Å². The zero-order valence-corrected chi connectivity index (χ0v) is 62.2. The number of amides is 6. The highest BCUT2D eigenvalue weighted by molar-refractivity contribution is 7.94. The van der Waals surface area contributed by atoms with E-state index < -0.39 is 98.9 Å². The summed E-state index contributed by atoms with van der Waals surface area (Å²) < 4.78 is 134. The topological polar surface area (TPSA) is 334 Å². The molecule has 2 aromatic heterocycles. The predicted molar refractivity (Wildman–Crippen MR) is 385 cm³/mol. The van der Waals surface area contributed by atoms with Gasteiger partial charge in [0.25, 0.3) is 31.9 Å². The Labute approximate surface area is 624 Å². The van der Waals surface area contributed by atoms with Crippen LogP contribution in [0.15, 0.2) is 107 Å². The van der Waals surface area contributed by atoms with Gasteiger partial charge in [-0.05, 0) is 100 Å². The minimum atomic E-state index is -4.89. The molecule has 108 heavy (non-hydrogen) atoms. The molecule has 14 rings (SSSR count). The van der Waals surface area contributed by atoms with Gasteiger partial charge in [-0.25, -0.2) is 45.2 Å². The first-order chi connectivity index (χ1) is 52.1. The Morgan fingerprint density at radius 1 is 0.509 bits per heavy atom. The molecule has 8 aliphatic rings. The third-order valence-corrected chi connectivity index (χ3v) is 24.9. The summed E-state index contributed by atoms with van der Waals surface area (Å²) in [6, 6.07) is 21.6. The van der Waals surface area contributed by atoms with Crippen molar-refractivity contribution in [2.45, 2.75) is 84.6 Å². The van der Waals surface area contributed by atoms with Crippen LogP contribution in [0.25, 0.3) is 0 Å². The maximum Gasteiger partial charge on any atom is 0.318 e. The average Bonchev–Trinajstić information content (AvgIpc) is 1.54. The van der Waals surface area contributed by atoms with Crippen LogP contribution in [0.3, 0.4) is 0 Å². The van der Waals surface area contributed by atoms with E-state index in [4.69, 9.17) is 37.9 Å². The van der Waals surface area contributed by atoms with Gasteiger partial charge in [0.1, 0.15) is 56.6 Å². The Hall–Kier alpha value is -10.0. The molecule has 4 aromatic carbocycles. The Balaban J connectivity index is 0.000000190. The van der Waals surface area contributed by atoms with E-state index in [-0.39, 0.29) is 70.2 Å². The van der Waals surface area contributed by atoms with Gasteiger partial charge in [0, 0.05) is 138 Å². The van der Waals surface area contributed by atoms with E-state index in [0.717, 1.165) is 103 Å². The number of pyridine rings is 2. The minimum Gasteiger partial charge on any atom is -0.497 e. The molecule has 30 nitrogen and oxygen atoms in total. The van der Waals surface area contributed by atoms with Crippen LogP contribution >= 0.6 is 0 Å². The van der Waals surface area contributed by atoms with Crippen molar-refractivity contribution in [1.82, 2.24) is 50.0 Å². The number of methoxy groups -OCH3 is 4. The lowest BCUT2D eigenvalue weighted by Crippen LogP contribution is -2.61. The first kappa shape index (κ1) is 76.2. The van der Waals surface area contributed by atoms with Crippen molar-refractivity contribution in [2.24, 2.45) is 0 Å². The highest BCUT2D eigenvalue weighted by atomic mass is 32.2. The number of rotatable bonds is 20. The second-order valence-corrected chi connectivity index (χ2v) is 30.5. The Kier molecular flexibility index (Phi) is 22.3. The van der Waals surface area contributed by atoms with Gasteiger partial charge in [0.15, 0.2) is 11.1 Å². The Morgan fingerprint density at radius 3 is 1.19 bits per heavy atom. The van der Waals surface area contributed by atoms with E-state index in [1.807, 2.05) is 0 Å². The van der Waals surface area contributed by atoms with Crippen molar-refractivity contribution in [3.63, 3.8) is 0 Å². The predicted octanol–water partition coefficient (Wildman–Crippen LogP) is 5.36. The summed E-state index contributed by atoms with van der Waals surface area (Å²) in [4.78, 5) is 80.0. The fourth-order valence-corrected chi connectivity index (χ4v) is 18.7. The molecule has 0 saturated carbocycles.